The van der Waals surface area contributed by atoms with Crippen molar-refractivity contribution in [1.29, 1.82) is 0 Å². The highest BCUT2D eigenvalue weighted by molar-refractivity contribution is 9.11. The molecule has 0 unspecified atom stereocenters. The molecule has 2 aromatic rings. The molecule has 0 amide bonds. The van der Waals surface area contributed by atoms with E-state index in [1.54, 1.807) is 6.20 Å². The number of hydrogen-bond donors (Lipinski definition) is 1. The third-order valence-electron chi connectivity index (χ3n) is 2.35. The minimum Gasteiger partial charge on any atom is -0.335 e. The predicted octanol–water partition coefficient (Wildman–Crippen LogP) is 3.23. The quantitative estimate of drug-likeness (QED) is 0.911. The van der Waals surface area contributed by atoms with E-state index in [9.17, 15) is 0 Å². The predicted molar refractivity (Wildman–Crippen MR) is 69.6 cm³/mol. The first-order valence-corrected chi connectivity index (χ1v) is 6.72. The Morgan fingerprint density at radius 3 is 2.88 bits per heavy atom. The van der Waals surface area contributed by atoms with Crippen LogP contribution in [0.1, 0.15) is 12.8 Å². The minimum atomic E-state index is 0.458. The zero-order valence-corrected chi connectivity index (χ0v) is 11.8. The van der Waals surface area contributed by atoms with Crippen LogP contribution >= 0.6 is 31.9 Å². The Balaban J connectivity index is 1.89. The van der Waals surface area contributed by atoms with E-state index in [-0.39, 0.29) is 0 Å². The number of halogens is 2. The maximum atomic E-state index is 5.11. The summed E-state index contributed by atoms with van der Waals surface area (Å²) in [7, 11) is 0. The first kappa shape index (κ1) is 11.2. The standard InChI is InChI=1S/C10H8Br2N4O/c11-5-3-7(12)8(13-4-5)9-15-10(17-16-9)14-6-1-2-6/h3-4,6H,1-2H2,(H,14,15,16). The van der Waals surface area contributed by atoms with Crippen LogP contribution in [0.25, 0.3) is 11.5 Å². The Morgan fingerprint density at radius 1 is 1.35 bits per heavy atom. The van der Waals surface area contributed by atoms with Crippen molar-refractivity contribution in [2.24, 2.45) is 0 Å². The van der Waals surface area contributed by atoms with Gasteiger partial charge in [-0.15, -0.1) is 0 Å². The molecule has 0 aromatic carbocycles. The van der Waals surface area contributed by atoms with Crippen LogP contribution in [-0.4, -0.2) is 21.2 Å². The number of anilines is 1. The van der Waals surface area contributed by atoms with E-state index < -0.39 is 0 Å². The topological polar surface area (TPSA) is 63.8 Å². The van der Waals surface area contributed by atoms with E-state index in [0.29, 0.717) is 23.6 Å². The molecule has 1 N–H and O–H groups in total. The van der Waals surface area contributed by atoms with Crippen LogP contribution in [0.4, 0.5) is 6.01 Å². The van der Waals surface area contributed by atoms with Crippen LogP contribution in [0.15, 0.2) is 25.7 Å². The molecule has 1 aliphatic carbocycles. The molecule has 7 heteroatoms. The summed E-state index contributed by atoms with van der Waals surface area (Å²) in [6.07, 6.45) is 4.03. The lowest BCUT2D eigenvalue weighted by Gasteiger charge is -1.98. The Morgan fingerprint density at radius 2 is 2.18 bits per heavy atom. The van der Waals surface area contributed by atoms with E-state index in [1.807, 2.05) is 6.07 Å². The van der Waals surface area contributed by atoms with Crippen LogP contribution in [0.2, 0.25) is 0 Å². The fourth-order valence-electron chi connectivity index (χ4n) is 1.36. The summed E-state index contributed by atoms with van der Waals surface area (Å²) < 4.78 is 6.83. The van der Waals surface area contributed by atoms with Crippen molar-refractivity contribution < 1.29 is 4.52 Å². The second-order valence-electron chi connectivity index (χ2n) is 3.83. The first-order valence-electron chi connectivity index (χ1n) is 5.14. The minimum absolute atomic E-state index is 0.458. The smallest absolute Gasteiger partial charge is 0.322 e. The van der Waals surface area contributed by atoms with Gasteiger partial charge in [-0.1, -0.05) is 5.16 Å². The Kier molecular flexibility index (Phi) is 2.87. The third kappa shape index (κ3) is 2.50. The van der Waals surface area contributed by atoms with Gasteiger partial charge in [-0.25, -0.2) is 0 Å². The lowest BCUT2D eigenvalue weighted by atomic mass is 10.3. The summed E-state index contributed by atoms with van der Waals surface area (Å²) in [5.74, 6) is 0.479. The number of hydrogen-bond acceptors (Lipinski definition) is 5. The van der Waals surface area contributed by atoms with E-state index >= 15 is 0 Å². The fraction of sp³-hybridized carbons (Fsp3) is 0.300. The monoisotopic (exact) mass is 358 g/mol. The summed E-state index contributed by atoms with van der Waals surface area (Å²) in [5.41, 5.74) is 0.667. The van der Waals surface area contributed by atoms with Gasteiger partial charge in [0.15, 0.2) is 0 Å². The zero-order valence-electron chi connectivity index (χ0n) is 8.65. The van der Waals surface area contributed by atoms with Crippen molar-refractivity contribution in [3.8, 4) is 11.5 Å². The molecular formula is C10H8Br2N4O. The maximum Gasteiger partial charge on any atom is 0.322 e. The Bertz CT molecular complexity index is 553. The van der Waals surface area contributed by atoms with Crippen molar-refractivity contribution in [3.63, 3.8) is 0 Å². The summed E-state index contributed by atoms with van der Waals surface area (Å²) in [4.78, 5) is 8.50. The first-order chi connectivity index (χ1) is 8.22. The molecule has 0 saturated heterocycles. The van der Waals surface area contributed by atoms with Crippen molar-refractivity contribution >= 4 is 37.9 Å². The number of rotatable bonds is 3. The van der Waals surface area contributed by atoms with Gasteiger partial charge in [-0.05, 0) is 50.8 Å². The molecule has 0 radical (unpaired) electrons. The van der Waals surface area contributed by atoms with Gasteiger partial charge in [0.1, 0.15) is 5.69 Å². The molecule has 5 nitrogen and oxygen atoms in total. The van der Waals surface area contributed by atoms with Gasteiger partial charge in [0, 0.05) is 21.2 Å². The van der Waals surface area contributed by atoms with Gasteiger partial charge in [0.05, 0.1) is 0 Å². The second-order valence-corrected chi connectivity index (χ2v) is 5.60. The van der Waals surface area contributed by atoms with Gasteiger partial charge in [-0.2, -0.15) is 4.98 Å². The average molecular weight is 360 g/mol. The fourth-order valence-corrected chi connectivity index (χ4v) is 2.52. The third-order valence-corrected chi connectivity index (χ3v) is 3.39. The lowest BCUT2D eigenvalue weighted by molar-refractivity contribution is 0.431. The van der Waals surface area contributed by atoms with E-state index in [2.05, 4.69) is 52.3 Å². The van der Waals surface area contributed by atoms with Gasteiger partial charge in [0.2, 0.25) is 5.82 Å². The second kappa shape index (κ2) is 4.38. The number of aromatic nitrogens is 3. The van der Waals surface area contributed by atoms with Gasteiger partial charge < -0.3 is 9.84 Å². The van der Waals surface area contributed by atoms with Gasteiger partial charge >= 0.3 is 6.01 Å². The molecule has 88 valence electrons. The van der Waals surface area contributed by atoms with E-state index in [4.69, 9.17) is 4.52 Å². The Hall–Kier alpha value is -0.950. The molecule has 0 spiro atoms. The van der Waals surface area contributed by atoms with Crippen molar-refractivity contribution in [1.82, 2.24) is 15.1 Å². The number of nitrogens with zero attached hydrogens (tertiary/aromatic N) is 3. The van der Waals surface area contributed by atoms with Crippen LogP contribution in [0.5, 0.6) is 0 Å². The van der Waals surface area contributed by atoms with Crippen molar-refractivity contribution in [2.45, 2.75) is 18.9 Å². The van der Waals surface area contributed by atoms with Crippen LogP contribution < -0.4 is 5.32 Å². The summed E-state index contributed by atoms with van der Waals surface area (Å²) >= 11 is 6.77. The largest absolute Gasteiger partial charge is 0.335 e. The normalized spacial score (nSPS) is 14.9. The molecular weight excluding hydrogens is 352 g/mol. The molecule has 17 heavy (non-hydrogen) atoms. The molecule has 0 aliphatic heterocycles. The summed E-state index contributed by atoms with van der Waals surface area (Å²) in [6.45, 7) is 0. The highest BCUT2D eigenvalue weighted by Crippen LogP contribution is 2.28. The SMILES string of the molecule is Brc1cnc(-c2noc(NC3CC3)n2)c(Br)c1. The van der Waals surface area contributed by atoms with Crippen LogP contribution in [0, 0.1) is 0 Å². The summed E-state index contributed by atoms with van der Waals surface area (Å²) in [6, 6.07) is 2.84. The maximum absolute atomic E-state index is 5.11. The van der Waals surface area contributed by atoms with Crippen LogP contribution in [-0.2, 0) is 0 Å². The van der Waals surface area contributed by atoms with Crippen molar-refractivity contribution in [2.75, 3.05) is 5.32 Å². The molecule has 0 atom stereocenters. The molecule has 0 bridgehead atoms. The molecule has 1 saturated carbocycles. The highest BCUT2D eigenvalue weighted by atomic mass is 79.9. The van der Waals surface area contributed by atoms with Gasteiger partial charge in [0.25, 0.3) is 0 Å². The van der Waals surface area contributed by atoms with Gasteiger partial charge in [-0.3, -0.25) is 4.98 Å². The average Bonchev–Trinajstić information content (AvgIpc) is 2.96. The molecule has 3 rings (SSSR count). The molecule has 2 aromatic heterocycles. The lowest BCUT2D eigenvalue weighted by Crippen LogP contribution is -2.00. The number of nitrogens with one attached hydrogen (secondary N) is 1. The van der Waals surface area contributed by atoms with E-state index in [1.165, 1.54) is 0 Å². The van der Waals surface area contributed by atoms with E-state index in [0.717, 1.165) is 21.8 Å². The van der Waals surface area contributed by atoms with Crippen LogP contribution in [0.3, 0.4) is 0 Å². The highest BCUT2D eigenvalue weighted by Gasteiger charge is 2.23. The molecule has 1 aliphatic rings. The van der Waals surface area contributed by atoms with Crippen molar-refractivity contribution in [3.05, 3.63) is 21.2 Å². The Labute approximate surface area is 114 Å². The number of pyridine rings is 1. The molecule has 1 fully saturated rings. The zero-order chi connectivity index (χ0) is 11.8. The summed E-state index contributed by atoms with van der Waals surface area (Å²) in [5, 5.41) is 7.05. The molecule has 2 heterocycles.